The van der Waals surface area contributed by atoms with Gasteiger partial charge in [0.05, 0.1) is 24.2 Å². The molecule has 0 radical (unpaired) electrons. The molecule has 1 aliphatic heterocycles. The Labute approximate surface area is 170 Å². The van der Waals surface area contributed by atoms with Gasteiger partial charge in [-0.2, -0.15) is 0 Å². The van der Waals surface area contributed by atoms with Crippen LogP contribution in [0.15, 0.2) is 49.0 Å². The topological polar surface area (TPSA) is 70.8 Å². The molecule has 0 spiro atoms. The van der Waals surface area contributed by atoms with Gasteiger partial charge in [0.2, 0.25) is 0 Å². The predicted octanol–water partition coefficient (Wildman–Crippen LogP) is 3.64. The van der Waals surface area contributed by atoms with E-state index in [1.54, 1.807) is 0 Å². The second-order valence-electron chi connectivity index (χ2n) is 7.64. The molecule has 0 aliphatic carbocycles. The molecule has 0 saturated carbocycles. The van der Waals surface area contributed by atoms with E-state index in [9.17, 15) is 10.2 Å². The van der Waals surface area contributed by atoms with Crippen LogP contribution in [0.4, 0.5) is 0 Å². The number of likely N-dealkylation sites (tertiary alicyclic amines) is 1. The Morgan fingerprint density at radius 2 is 2.00 bits per heavy atom. The number of aromatic nitrogens is 2. The van der Waals surface area contributed by atoms with Crippen LogP contribution in [-0.2, 0) is 20.2 Å². The Bertz CT molecular complexity index is 1020. The Morgan fingerprint density at radius 3 is 2.72 bits per heavy atom. The maximum Gasteiger partial charge on any atom is 0.123 e. The lowest BCUT2D eigenvalue weighted by atomic mass is 10.1. The molecule has 2 aromatic carbocycles. The van der Waals surface area contributed by atoms with E-state index < -0.39 is 0 Å². The highest BCUT2D eigenvalue weighted by atomic mass is 16.5. The molecular formula is C23H27N3O3. The van der Waals surface area contributed by atoms with Gasteiger partial charge < -0.3 is 19.5 Å². The Balaban J connectivity index is 1.38. The quantitative estimate of drug-likeness (QED) is 0.626. The third-order valence-electron chi connectivity index (χ3n) is 5.59. The second kappa shape index (κ2) is 8.27. The molecule has 3 aromatic rings. The highest BCUT2D eigenvalue weighted by Gasteiger charge is 2.22. The van der Waals surface area contributed by atoms with Gasteiger partial charge in [-0.15, -0.1) is 0 Å². The average Bonchev–Trinajstić information content (AvgIpc) is 3.04. The number of hydrogen-bond donors (Lipinski definition) is 2. The van der Waals surface area contributed by atoms with Crippen molar-refractivity contribution in [3.05, 3.63) is 66.0 Å². The zero-order valence-corrected chi connectivity index (χ0v) is 16.7. The maximum atomic E-state index is 9.65. The van der Waals surface area contributed by atoms with E-state index in [1.165, 1.54) is 0 Å². The van der Waals surface area contributed by atoms with Crippen LogP contribution < -0.4 is 4.74 Å². The van der Waals surface area contributed by atoms with E-state index in [0.717, 1.165) is 66.2 Å². The molecule has 152 valence electrons. The first-order chi connectivity index (χ1) is 14.0. The van der Waals surface area contributed by atoms with Crippen molar-refractivity contribution in [2.24, 2.45) is 7.05 Å². The molecule has 0 amide bonds. The SMILES string of the molecule is C=C(O)c1ccc2nc(CN3CCC(Oc4cccc(CO)c4)CC3)n(C)c2c1. The van der Waals surface area contributed by atoms with Gasteiger partial charge in [0, 0.05) is 25.7 Å². The minimum absolute atomic E-state index is 0.0293. The Morgan fingerprint density at radius 1 is 1.21 bits per heavy atom. The lowest BCUT2D eigenvalue weighted by molar-refractivity contribution is 0.0948. The van der Waals surface area contributed by atoms with Crippen molar-refractivity contribution in [2.75, 3.05) is 13.1 Å². The van der Waals surface area contributed by atoms with Crippen molar-refractivity contribution < 1.29 is 14.9 Å². The van der Waals surface area contributed by atoms with Crippen LogP contribution in [0, 0.1) is 0 Å². The van der Waals surface area contributed by atoms with Gasteiger partial charge in [0.15, 0.2) is 0 Å². The van der Waals surface area contributed by atoms with Crippen molar-refractivity contribution in [2.45, 2.75) is 32.1 Å². The summed E-state index contributed by atoms with van der Waals surface area (Å²) in [7, 11) is 2.01. The summed E-state index contributed by atoms with van der Waals surface area (Å²) < 4.78 is 8.20. The zero-order chi connectivity index (χ0) is 20.4. The molecule has 1 saturated heterocycles. The molecule has 1 aliphatic rings. The number of rotatable bonds is 6. The third kappa shape index (κ3) is 4.28. The molecular weight excluding hydrogens is 366 g/mol. The molecule has 0 bridgehead atoms. The molecule has 29 heavy (non-hydrogen) atoms. The van der Waals surface area contributed by atoms with Gasteiger partial charge in [-0.05, 0) is 48.7 Å². The van der Waals surface area contributed by atoms with Crippen LogP contribution in [-0.4, -0.2) is 43.9 Å². The number of piperidine rings is 1. The first-order valence-corrected chi connectivity index (χ1v) is 9.96. The van der Waals surface area contributed by atoms with Gasteiger partial charge in [0.25, 0.3) is 0 Å². The van der Waals surface area contributed by atoms with E-state index in [1.807, 2.05) is 49.5 Å². The molecule has 0 atom stereocenters. The summed E-state index contributed by atoms with van der Waals surface area (Å²) in [6.45, 7) is 6.32. The largest absolute Gasteiger partial charge is 0.508 e. The van der Waals surface area contributed by atoms with E-state index >= 15 is 0 Å². The Kier molecular flexibility index (Phi) is 5.56. The van der Waals surface area contributed by atoms with Gasteiger partial charge in [-0.1, -0.05) is 18.7 Å². The minimum Gasteiger partial charge on any atom is -0.508 e. The fourth-order valence-corrected chi connectivity index (χ4v) is 3.86. The molecule has 1 aromatic heterocycles. The van der Waals surface area contributed by atoms with Crippen LogP contribution in [0.2, 0.25) is 0 Å². The number of hydrogen-bond acceptors (Lipinski definition) is 5. The van der Waals surface area contributed by atoms with Crippen molar-refractivity contribution >= 4 is 16.8 Å². The maximum absolute atomic E-state index is 9.65. The van der Waals surface area contributed by atoms with Crippen LogP contribution in [0.25, 0.3) is 16.8 Å². The summed E-state index contributed by atoms with van der Waals surface area (Å²) >= 11 is 0. The zero-order valence-electron chi connectivity index (χ0n) is 16.7. The number of nitrogens with zero attached hydrogens (tertiary/aromatic N) is 3. The summed E-state index contributed by atoms with van der Waals surface area (Å²) in [5.74, 6) is 1.91. The van der Waals surface area contributed by atoms with Crippen molar-refractivity contribution in [3.8, 4) is 5.75 Å². The fourth-order valence-electron chi connectivity index (χ4n) is 3.86. The molecule has 6 heteroatoms. The van der Waals surface area contributed by atoms with Gasteiger partial charge >= 0.3 is 0 Å². The number of aryl methyl sites for hydroxylation is 1. The summed E-state index contributed by atoms with van der Waals surface area (Å²) in [4.78, 5) is 7.17. The first-order valence-electron chi connectivity index (χ1n) is 9.96. The number of ether oxygens (including phenoxy) is 1. The molecule has 4 rings (SSSR count). The molecule has 1 fully saturated rings. The standard InChI is InChI=1S/C23H27N3O3/c1-16(28)18-6-7-21-22(13-18)25(2)23(24-21)14-26-10-8-19(9-11-26)29-20-5-3-4-17(12-20)15-27/h3-7,12-13,19,27-28H,1,8-11,14-15H2,2H3. The summed E-state index contributed by atoms with van der Waals surface area (Å²) in [5, 5.41) is 18.9. The van der Waals surface area contributed by atoms with Crippen molar-refractivity contribution in [1.82, 2.24) is 14.5 Å². The van der Waals surface area contributed by atoms with Crippen LogP contribution in [0.3, 0.4) is 0 Å². The molecule has 2 heterocycles. The number of imidazole rings is 1. The normalized spacial score (nSPS) is 15.7. The smallest absolute Gasteiger partial charge is 0.123 e. The number of aliphatic hydroxyl groups excluding tert-OH is 2. The molecule has 2 N–H and O–H groups in total. The van der Waals surface area contributed by atoms with Crippen LogP contribution in [0.5, 0.6) is 5.75 Å². The summed E-state index contributed by atoms with van der Waals surface area (Å²) in [6, 6.07) is 13.4. The van der Waals surface area contributed by atoms with Crippen molar-refractivity contribution in [1.29, 1.82) is 0 Å². The monoisotopic (exact) mass is 393 g/mol. The molecule has 6 nitrogen and oxygen atoms in total. The van der Waals surface area contributed by atoms with Crippen molar-refractivity contribution in [3.63, 3.8) is 0 Å². The van der Waals surface area contributed by atoms with Gasteiger partial charge in [-0.3, -0.25) is 4.90 Å². The number of fused-ring (bicyclic) bond motifs is 1. The number of aliphatic hydroxyl groups is 2. The predicted molar refractivity (Wildman–Crippen MR) is 114 cm³/mol. The average molecular weight is 393 g/mol. The van der Waals surface area contributed by atoms with E-state index in [0.29, 0.717) is 0 Å². The highest BCUT2D eigenvalue weighted by molar-refractivity contribution is 5.80. The van der Waals surface area contributed by atoms with Crippen LogP contribution in [0.1, 0.15) is 29.8 Å². The van der Waals surface area contributed by atoms with Crippen LogP contribution >= 0.6 is 0 Å². The lowest BCUT2D eigenvalue weighted by Crippen LogP contribution is -2.38. The van der Waals surface area contributed by atoms with E-state index in [4.69, 9.17) is 9.72 Å². The highest BCUT2D eigenvalue weighted by Crippen LogP contribution is 2.23. The Hall–Kier alpha value is -2.83. The molecule has 0 unspecified atom stereocenters. The minimum atomic E-state index is 0.0293. The first kappa shape index (κ1) is 19.5. The van der Waals surface area contributed by atoms with E-state index in [-0.39, 0.29) is 18.5 Å². The van der Waals surface area contributed by atoms with Gasteiger partial charge in [0.1, 0.15) is 23.4 Å². The third-order valence-corrected chi connectivity index (χ3v) is 5.59. The summed E-state index contributed by atoms with van der Waals surface area (Å²) in [5.41, 5.74) is 3.51. The fraction of sp³-hybridized carbons (Fsp3) is 0.348. The van der Waals surface area contributed by atoms with E-state index in [2.05, 4.69) is 16.0 Å². The lowest BCUT2D eigenvalue weighted by Gasteiger charge is -2.31. The second-order valence-corrected chi connectivity index (χ2v) is 7.64. The summed E-state index contributed by atoms with van der Waals surface area (Å²) in [6.07, 6.45) is 2.11. The number of benzene rings is 2. The van der Waals surface area contributed by atoms with Gasteiger partial charge in [-0.25, -0.2) is 4.98 Å².